The van der Waals surface area contributed by atoms with Crippen LogP contribution >= 0.6 is 0 Å². The fourth-order valence-corrected chi connectivity index (χ4v) is 6.79. The maximum Gasteiger partial charge on any atom is 0.133 e. The largest absolute Gasteiger partial charge is 0.374 e. The molecular weight excluding hydrogens is 402 g/mol. The minimum Gasteiger partial charge on any atom is -0.374 e. The number of hydrogen-bond donors (Lipinski definition) is 0. The molecule has 3 aliphatic carbocycles. The molecule has 32 heavy (non-hydrogen) atoms. The summed E-state index contributed by atoms with van der Waals surface area (Å²) in [5.74, 6) is 1.42. The van der Waals surface area contributed by atoms with Crippen molar-refractivity contribution in [2.75, 3.05) is 6.61 Å². The maximum absolute atomic E-state index is 15.6. The quantitative estimate of drug-likeness (QED) is 0.289. The highest BCUT2D eigenvalue weighted by atomic mass is 19.1. The van der Waals surface area contributed by atoms with Crippen LogP contribution < -0.4 is 0 Å². The van der Waals surface area contributed by atoms with Crippen molar-refractivity contribution < 1.29 is 13.5 Å². The van der Waals surface area contributed by atoms with Crippen LogP contribution in [0.15, 0.2) is 18.2 Å². The normalized spacial score (nSPS) is 30.3. The van der Waals surface area contributed by atoms with Crippen LogP contribution in [0.2, 0.25) is 0 Å². The van der Waals surface area contributed by atoms with Gasteiger partial charge in [0.1, 0.15) is 11.6 Å². The van der Waals surface area contributed by atoms with Crippen LogP contribution in [0.3, 0.4) is 0 Å². The Balaban J connectivity index is 1.40. The SMILES string of the molecule is C/C=C/COC1CCC2CC(c3c(F)cc4c(c3F)CCC(CCCCC)C4)CCC2C1. The first-order valence-corrected chi connectivity index (χ1v) is 13.3. The van der Waals surface area contributed by atoms with Gasteiger partial charge in [-0.05, 0) is 106 Å². The van der Waals surface area contributed by atoms with E-state index in [2.05, 4.69) is 13.0 Å². The summed E-state index contributed by atoms with van der Waals surface area (Å²) in [4.78, 5) is 0. The number of hydrogen-bond acceptors (Lipinski definition) is 1. The molecule has 0 bridgehead atoms. The van der Waals surface area contributed by atoms with E-state index in [0.717, 1.165) is 68.9 Å². The summed E-state index contributed by atoms with van der Waals surface area (Å²) in [6.07, 6.45) is 18.3. The molecule has 1 aromatic carbocycles. The number of rotatable bonds is 8. The molecule has 0 heterocycles. The summed E-state index contributed by atoms with van der Waals surface area (Å²) in [6, 6.07) is 1.71. The van der Waals surface area contributed by atoms with E-state index in [1.54, 1.807) is 6.07 Å². The zero-order valence-electron chi connectivity index (χ0n) is 20.2. The predicted molar refractivity (Wildman–Crippen MR) is 128 cm³/mol. The van der Waals surface area contributed by atoms with Crippen molar-refractivity contribution in [1.29, 1.82) is 0 Å². The lowest BCUT2D eigenvalue weighted by atomic mass is 9.65. The summed E-state index contributed by atoms with van der Waals surface area (Å²) in [6.45, 7) is 4.94. The van der Waals surface area contributed by atoms with Gasteiger partial charge >= 0.3 is 0 Å². The minimum atomic E-state index is -0.276. The number of allylic oxidation sites excluding steroid dienone is 1. The van der Waals surface area contributed by atoms with Crippen LogP contribution in [0.5, 0.6) is 0 Å². The van der Waals surface area contributed by atoms with Crippen molar-refractivity contribution >= 4 is 0 Å². The molecule has 5 unspecified atom stereocenters. The standard InChI is InChI=1S/C29H42F2O/c1-3-5-7-8-20-9-14-26-24(16-20)19-27(30)28(29(26)31)23-11-10-22-18-25(32-15-6-4-2)13-12-21(22)17-23/h4,6,19-23,25H,3,5,7-18H2,1-2H3/b6-4+. The summed E-state index contributed by atoms with van der Waals surface area (Å²) < 4.78 is 36.9. The number of unbranched alkanes of at least 4 members (excludes halogenated alkanes) is 2. The van der Waals surface area contributed by atoms with E-state index in [-0.39, 0.29) is 17.6 Å². The van der Waals surface area contributed by atoms with Crippen LogP contribution in [0, 0.1) is 29.4 Å². The molecule has 0 spiro atoms. The molecule has 0 aromatic heterocycles. The van der Waals surface area contributed by atoms with Crippen LogP contribution in [-0.2, 0) is 17.6 Å². The number of ether oxygens (including phenoxy) is 1. The molecule has 1 nitrogen and oxygen atoms in total. The molecule has 0 aliphatic heterocycles. The summed E-state index contributed by atoms with van der Waals surface area (Å²) in [5.41, 5.74) is 2.19. The third-order valence-electron chi connectivity index (χ3n) is 8.61. The van der Waals surface area contributed by atoms with Gasteiger partial charge in [-0.15, -0.1) is 0 Å². The second-order valence-corrected chi connectivity index (χ2v) is 10.7. The number of fused-ring (bicyclic) bond motifs is 2. The van der Waals surface area contributed by atoms with Gasteiger partial charge in [0.15, 0.2) is 0 Å². The van der Waals surface area contributed by atoms with Gasteiger partial charge in [0.25, 0.3) is 0 Å². The van der Waals surface area contributed by atoms with Crippen molar-refractivity contribution in [1.82, 2.24) is 0 Å². The molecule has 2 saturated carbocycles. The van der Waals surface area contributed by atoms with Crippen LogP contribution in [0.1, 0.15) is 107 Å². The van der Waals surface area contributed by atoms with E-state index in [0.29, 0.717) is 36.0 Å². The van der Waals surface area contributed by atoms with Gasteiger partial charge < -0.3 is 4.74 Å². The van der Waals surface area contributed by atoms with E-state index in [1.807, 2.05) is 13.0 Å². The Bertz CT molecular complexity index is 786. The topological polar surface area (TPSA) is 9.23 Å². The van der Waals surface area contributed by atoms with Gasteiger partial charge in [0.05, 0.1) is 12.7 Å². The Morgan fingerprint density at radius 2 is 1.84 bits per heavy atom. The lowest BCUT2D eigenvalue weighted by Crippen LogP contribution is -2.34. The van der Waals surface area contributed by atoms with Crippen molar-refractivity contribution in [2.24, 2.45) is 17.8 Å². The predicted octanol–water partition coefficient (Wildman–Crippen LogP) is 8.30. The smallest absolute Gasteiger partial charge is 0.133 e. The van der Waals surface area contributed by atoms with Crippen LogP contribution in [0.25, 0.3) is 0 Å². The van der Waals surface area contributed by atoms with E-state index >= 15 is 8.78 Å². The molecule has 3 heteroatoms. The molecule has 178 valence electrons. The third-order valence-corrected chi connectivity index (χ3v) is 8.61. The van der Waals surface area contributed by atoms with Crippen LogP contribution in [-0.4, -0.2) is 12.7 Å². The molecule has 1 aromatic rings. The molecule has 4 rings (SSSR count). The molecular formula is C29H42F2O. The average molecular weight is 445 g/mol. The van der Waals surface area contributed by atoms with Crippen molar-refractivity contribution in [3.63, 3.8) is 0 Å². The van der Waals surface area contributed by atoms with Gasteiger partial charge in [-0.25, -0.2) is 8.78 Å². The maximum atomic E-state index is 15.6. The van der Waals surface area contributed by atoms with Gasteiger partial charge in [0.2, 0.25) is 0 Å². The minimum absolute atomic E-state index is 0.0457. The van der Waals surface area contributed by atoms with Gasteiger partial charge in [0, 0.05) is 5.56 Å². The summed E-state index contributed by atoms with van der Waals surface area (Å²) in [5, 5.41) is 0. The van der Waals surface area contributed by atoms with Crippen molar-refractivity contribution in [3.8, 4) is 0 Å². The molecule has 0 saturated heterocycles. The van der Waals surface area contributed by atoms with Gasteiger partial charge in [-0.2, -0.15) is 0 Å². The Labute approximate surface area is 194 Å². The molecule has 2 fully saturated rings. The van der Waals surface area contributed by atoms with Crippen LogP contribution in [0.4, 0.5) is 8.78 Å². The van der Waals surface area contributed by atoms with E-state index in [4.69, 9.17) is 4.74 Å². The molecule has 3 aliphatic rings. The lowest BCUT2D eigenvalue weighted by molar-refractivity contribution is -0.00351. The zero-order chi connectivity index (χ0) is 22.5. The Hall–Kier alpha value is -1.22. The second-order valence-electron chi connectivity index (χ2n) is 10.7. The van der Waals surface area contributed by atoms with Crippen molar-refractivity contribution in [2.45, 2.75) is 109 Å². The third kappa shape index (κ3) is 5.46. The zero-order valence-corrected chi connectivity index (χ0v) is 20.2. The number of halogens is 2. The second kappa shape index (κ2) is 11.3. The highest BCUT2D eigenvalue weighted by molar-refractivity contribution is 5.39. The molecule has 0 radical (unpaired) electrons. The molecule has 0 amide bonds. The first-order chi connectivity index (χ1) is 15.6. The lowest BCUT2D eigenvalue weighted by Gasteiger charge is -2.42. The Kier molecular flexibility index (Phi) is 8.43. The first-order valence-electron chi connectivity index (χ1n) is 13.3. The average Bonchev–Trinajstić information content (AvgIpc) is 2.79. The summed E-state index contributed by atoms with van der Waals surface area (Å²) >= 11 is 0. The molecule has 0 N–H and O–H groups in total. The monoisotopic (exact) mass is 444 g/mol. The first kappa shape index (κ1) is 23.9. The van der Waals surface area contributed by atoms with Gasteiger partial charge in [-0.3, -0.25) is 0 Å². The van der Waals surface area contributed by atoms with E-state index in [9.17, 15) is 0 Å². The highest BCUT2D eigenvalue weighted by Crippen LogP contribution is 2.48. The Morgan fingerprint density at radius 3 is 2.66 bits per heavy atom. The van der Waals surface area contributed by atoms with Gasteiger partial charge in [-0.1, -0.05) is 44.8 Å². The fraction of sp³-hybridized carbons (Fsp3) is 0.724. The molecule has 5 atom stereocenters. The number of benzene rings is 1. The van der Waals surface area contributed by atoms with E-state index < -0.39 is 0 Å². The summed E-state index contributed by atoms with van der Waals surface area (Å²) in [7, 11) is 0. The fourth-order valence-electron chi connectivity index (χ4n) is 6.79. The van der Waals surface area contributed by atoms with E-state index in [1.165, 1.54) is 25.7 Å². The van der Waals surface area contributed by atoms with Crippen molar-refractivity contribution in [3.05, 3.63) is 46.5 Å². The highest BCUT2D eigenvalue weighted by Gasteiger charge is 2.38. The Morgan fingerprint density at radius 1 is 1.03 bits per heavy atom.